The third kappa shape index (κ3) is 3.61. The Labute approximate surface area is 129 Å². The van der Waals surface area contributed by atoms with Crippen molar-refractivity contribution in [2.75, 3.05) is 11.4 Å². The number of hydrogen-bond donors (Lipinski definition) is 1. The first-order valence-corrected chi connectivity index (χ1v) is 7.87. The van der Waals surface area contributed by atoms with Crippen LogP contribution in [0, 0.1) is 0 Å². The Morgan fingerprint density at radius 3 is 2.48 bits per heavy atom. The molecule has 1 aromatic carbocycles. The van der Waals surface area contributed by atoms with Crippen LogP contribution in [0.1, 0.15) is 47.6 Å². The second kappa shape index (κ2) is 6.72. The molecule has 0 radical (unpaired) electrons. The standard InChI is InChI=1S/C16H20N2O2S/c1-4-18(10-12-8-6-5-7-9-12)16-17-13(11(2)3)14(21-16)15(19)20/h5-9,11H,4,10H2,1-3H3,(H,19,20). The van der Waals surface area contributed by atoms with Crippen LogP contribution in [0.2, 0.25) is 0 Å². The van der Waals surface area contributed by atoms with Crippen LogP contribution in [0.5, 0.6) is 0 Å². The van der Waals surface area contributed by atoms with Crippen LogP contribution in [-0.4, -0.2) is 22.6 Å². The third-order valence-corrected chi connectivity index (χ3v) is 4.37. The van der Waals surface area contributed by atoms with Gasteiger partial charge in [-0.05, 0) is 18.4 Å². The van der Waals surface area contributed by atoms with Crippen LogP contribution in [0.15, 0.2) is 30.3 Å². The number of aromatic carboxylic acids is 1. The van der Waals surface area contributed by atoms with E-state index in [1.54, 1.807) is 0 Å². The maximum Gasteiger partial charge on any atom is 0.347 e. The predicted octanol–water partition coefficient (Wildman–Crippen LogP) is 3.99. The lowest BCUT2D eigenvalue weighted by Gasteiger charge is -2.19. The number of carboxylic acids is 1. The summed E-state index contributed by atoms with van der Waals surface area (Å²) >= 11 is 1.26. The van der Waals surface area contributed by atoms with Gasteiger partial charge in [0.25, 0.3) is 0 Å². The molecule has 0 aliphatic carbocycles. The van der Waals surface area contributed by atoms with Gasteiger partial charge in [-0.2, -0.15) is 0 Å². The van der Waals surface area contributed by atoms with Gasteiger partial charge in [-0.15, -0.1) is 0 Å². The van der Waals surface area contributed by atoms with Gasteiger partial charge < -0.3 is 10.0 Å². The van der Waals surface area contributed by atoms with Gasteiger partial charge in [0.1, 0.15) is 4.88 Å². The molecule has 0 aliphatic rings. The van der Waals surface area contributed by atoms with E-state index in [4.69, 9.17) is 0 Å². The maximum atomic E-state index is 11.4. The fourth-order valence-electron chi connectivity index (χ4n) is 2.12. The van der Waals surface area contributed by atoms with Crippen molar-refractivity contribution < 1.29 is 9.90 Å². The number of carboxylic acid groups (broad SMARTS) is 1. The molecule has 0 aliphatic heterocycles. The van der Waals surface area contributed by atoms with Crippen LogP contribution >= 0.6 is 11.3 Å². The van der Waals surface area contributed by atoms with Crippen molar-refractivity contribution in [3.05, 3.63) is 46.5 Å². The van der Waals surface area contributed by atoms with Crippen LogP contribution < -0.4 is 4.90 Å². The van der Waals surface area contributed by atoms with E-state index < -0.39 is 5.97 Å². The lowest BCUT2D eigenvalue weighted by atomic mass is 10.1. The normalized spacial score (nSPS) is 10.9. The minimum atomic E-state index is -0.891. The van der Waals surface area contributed by atoms with Crippen molar-refractivity contribution in [3.63, 3.8) is 0 Å². The number of thiazole rings is 1. The Balaban J connectivity index is 2.30. The molecule has 2 rings (SSSR count). The van der Waals surface area contributed by atoms with Crippen molar-refractivity contribution in [1.29, 1.82) is 0 Å². The SMILES string of the molecule is CCN(Cc1ccccc1)c1nc(C(C)C)c(C(=O)O)s1. The van der Waals surface area contributed by atoms with Crippen LogP contribution in [0.25, 0.3) is 0 Å². The monoisotopic (exact) mass is 304 g/mol. The first-order chi connectivity index (χ1) is 10.0. The Bertz CT molecular complexity index is 608. The van der Waals surface area contributed by atoms with E-state index in [1.807, 2.05) is 32.0 Å². The molecule has 0 amide bonds. The van der Waals surface area contributed by atoms with E-state index in [2.05, 4.69) is 28.9 Å². The fraction of sp³-hybridized carbons (Fsp3) is 0.375. The van der Waals surface area contributed by atoms with Gasteiger partial charge in [0.05, 0.1) is 5.69 Å². The van der Waals surface area contributed by atoms with Gasteiger partial charge in [-0.3, -0.25) is 0 Å². The molecule has 4 nitrogen and oxygen atoms in total. The van der Waals surface area contributed by atoms with E-state index in [9.17, 15) is 9.90 Å². The molecular formula is C16H20N2O2S. The fourth-order valence-corrected chi connectivity index (χ4v) is 3.24. The quantitative estimate of drug-likeness (QED) is 0.876. The number of rotatable bonds is 6. The molecule has 2 aromatic rings. The highest BCUT2D eigenvalue weighted by molar-refractivity contribution is 7.17. The lowest BCUT2D eigenvalue weighted by molar-refractivity contribution is 0.0700. The molecule has 0 atom stereocenters. The molecule has 0 unspecified atom stereocenters. The van der Waals surface area contributed by atoms with E-state index in [0.29, 0.717) is 10.6 Å². The zero-order valence-corrected chi connectivity index (χ0v) is 13.4. The topological polar surface area (TPSA) is 53.4 Å². The van der Waals surface area contributed by atoms with Gasteiger partial charge in [0.15, 0.2) is 5.13 Å². The molecule has 21 heavy (non-hydrogen) atoms. The minimum absolute atomic E-state index is 0.108. The highest BCUT2D eigenvalue weighted by atomic mass is 32.1. The second-order valence-electron chi connectivity index (χ2n) is 5.17. The molecule has 0 saturated carbocycles. The summed E-state index contributed by atoms with van der Waals surface area (Å²) in [6.45, 7) is 7.53. The number of carbonyl (C=O) groups is 1. The molecule has 1 N–H and O–H groups in total. The predicted molar refractivity (Wildman–Crippen MR) is 86.3 cm³/mol. The van der Waals surface area contributed by atoms with Gasteiger partial charge in [-0.25, -0.2) is 9.78 Å². The number of aromatic nitrogens is 1. The Morgan fingerprint density at radius 2 is 2.00 bits per heavy atom. The summed E-state index contributed by atoms with van der Waals surface area (Å²) in [4.78, 5) is 18.4. The van der Waals surface area contributed by atoms with Crippen molar-refractivity contribution >= 4 is 22.4 Å². The average molecular weight is 304 g/mol. The number of benzene rings is 1. The van der Waals surface area contributed by atoms with Crippen molar-refractivity contribution in [1.82, 2.24) is 4.98 Å². The molecule has 1 aromatic heterocycles. The molecule has 0 spiro atoms. The summed E-state index contributed by atoms with van der Waals surface area (Å²) in [5.41, 5.74) is 1.87. The van der Waals surface area contributed by atoms with Crippen LogP contribution in [0.3, 0.4) is 0 Å². The zero-order chi connectivity index (χ0) is 15.4. The van der Waals surface area contributed by atoms with E-state index in [0.717, 1.165) is 18.2 Å². The molecule has 5 heteroatoms. The molecule has 1 heterocycles. The zero-order valence-electron chi connectivity index (χ0n) is 12.5. The first kappa shape index (κ1) is 15.5. The highest BCUT2D eigenvalue weighted by Crippen LogP contribution is 2.31. The molecule has 0 saturated heterocycles. The number of nitrogens with zero attached hydrogens (tertiary/aromatic N) is 2. The third-order valence-electron chi connectivity index (χ3n) is 3.25. The second-order valence-corrected chi connectivity index (χ2v) is 6.15. The summed E-state index contributed by atoms with van der Waals surface area (Å²) < 4.78 is 0. The first-order valence-electron chi connectivity index (χ1n) is 7.05. The maximum absolute atomic E-state index is 11.4. The Morgan fingerprint density at radius 1 is 1.33 bits per heavy atom. The van der Waals surface area contributed by atoms with Gasteiger partial charge in [0.2, 0.25) is 0 Å². The average Bonchev–Trinajstić information content (AvgIpc) is 2.91. The van der Waals surface area contributed by atoms with Crippen molar-refractivity contribution in [3.8, 4) is 0 Å². The summed E-state index contributed by atoms with van der Waals surface area (Å²) in [5.74, 6) is -0.783. The Hall–Kier alpha value is -1.88. The Kier molecular flexibility index (Phi) is 4.96. The van der Waals surface area contributed by atoms with Crippen molar-refractivity contribution in [2.45, 2.75) is 33.2 Å². The highest BCUT2D eigenvalue weighted by Gasteiger charge is 2.22. The summed E-state index contributed by atoms with van der Waals surface area (Å²) in [6.07, 6.45) is 0. The van der Waals surface area contributed by atoms with E-state index in [1.165, 1.54) is 16.9 Å². The number of hydrogen-bond acceptors (Lipinski definition) is 4. The molecule has 0 fully saturated rings. The summed E-state index contributed by atoms with van der Waals surface area (Å²) in [5, 5.41) is 10.1. The van der Waals surface area contributed by atoms with Gasteiger partial charge in [0, 0.05) is 13.1 Å². The van der Waals surface area contributed by atoms with Gasteiger partial charge in [-0.1, -0.05) is 55.5 Å². The molecule has 112 valence electrons. The van der Waals surface area contributed by atoms with E-state index in [-0.39, 0.29) is 5.92 Å². The smallest absolute Gasteiger partial charge is 0.347 e. The summed E-state index contributed by atoms with van der Waals surface area (Å²) in [6, 6.07) is 10.1. The molecular weight excluding hydrogens is 284 g/mol. The van der Waals surface area contributed by atoms with Crippen molar-refractivity contribution in [2.24, 2.45) is 0 Å². The summed E-state index contributed by atoms with van der Waals surface area (Å²) in [7, 11) is 0. The van der Waals surface area contributed by atoms with Crippen LogP contribution in [0.4, 0.5) is 5.13 Å². The van der Waals surface area contributed by atoms with E-state index >= 15 is 0 Å². The minimum Gasteiger partial charge on any atom is -0.477 e. The lowest BCUT2D eigenvalue weighted by Crippen LogP contribution is -2.21. The largest absolute Gasteiger partial charge is 0.477 e. The van der Waals surface area contributed by atoms with Crippen LogP contribution in [-0.2, 0) is 6.54 Å². The number of anilines is 1. The van der Waals surface area contributed by atoms with Gasteiger partial charge >= 0.3 is 5.97 Å². The molecule has 0 bridgehead atoms.